The average molecular weight is 435 g/mol. The molecule has 0 aliphatic rings. The molecule has 2 rings (SSSR count). The van der Waals surface area contributed by atoms with Gasteiger partial charge in [0.05, 0.1) is 6.42 Å². The summed E-state index contributed by atoms with van der Waals surface area (Å²) < 4.78 is 0. The first-order chi connectivity index (χ1) is 13.7. The number of rotatable bonds is 8. The third kappa shape index (κ3) is 6.76. The minimum Gasteiger partial charge on any atom is -0.352 e. The van der Waals surface area contributed by atoms with Gasteiger partial charge in [0.1, 0.15) is 6.04 Å². The van der Waals surface area contributed by atoms with Crippen molar-refractivity contribution in [2.24, 2.45) is 0 Å². The van der Waals surface area contributed by atoms with Gasteiger partial charge < -0.3 is 10.2 Å². The summed E-state index contributed by atoms with van der Waals surface area (Å²) in [7, 11) is 0. The second-order valence-corrected chi connectivity index (χ2v) is 8.26. The van der Waals surface area contributed by atoms with Crippen LogP contribution in [0, 0.1) is 6.92 Å². The van der Waals surface area contributed by atoms with Crippen molar-refractivity contribution in [3.05, 3.63) is 69.2 Å². The lowest BCUT2D eigenvalue weighted by Gasteiger charge is -2.30. The normalized spacial score (nSPS) is 12.9. The summed E-state index contributed by atoms with van der Waals surface area (Å²) in [4.78, 5) is 27.5. The molecule has 0 saturated carbocycles. The van der Waals surface area contributed by atoms with Gasteiger partial charge in [0, 0.05) is 22.6 Å². The molecular weight excluding hydrogens is 407 g/mol. The summed E-state index contributed by atoms with van der Waals surface area (Å²) in [5.74, 6) is -0.310. The maximum Gasteiger partial charge on any atom is 0.242 e. The number of aryl methyl sites for hydroxylation is 1. The number of benzene rings is 2. The van der Waals surface area contributed by atoms with Gasteiger partial charge in [-0.05, 0) is 50.5 Å². The van der Waals surface area contributed by atoms with Crippen molar-refractivity contribution in [1.82, 2.24) is 10.2 Å². The predicted molar refractivity (Wildman–Crippen MR) is 119 cm³/mol. The maximum absolute atomic E-state index is 13.2. The zero-order valence-electron chi connectivity index (χ0n) is 17.3. The van der Waals surface area contributed by atoms with Gasteiger partial charge in [-0.3, -0.25) is 9.59 Å². The van der Waals surface area contributed by atoms with E-state index in [-0.39, 0.29) is 30.8 Å². The Morgan fingerprint density at radius 3 is 2.45 bits per heavy atom. The number of hydrogen-bond acceptors (Lipinski definition) is 2. The minimum absolute atomic E-state index is 0.0396. The molecule has 2 aromatic rings. The molecular formula is C23H28Cl2N2O2. The van der Waals surface area contributed by atoms with Gasteiger partial charge in [-0.15, -0.1) is 0 Å². The first kappa shape index (κ1) is 23.2. The quantitative estimate of drug-likeness (QED) is 0.622. The topological polar surface area (TPSA) is 49.4 Å². The van der Waals surface area contributed by atoms with Crippen molar-refractivity contribution < 1.29 is 9.59 Å². The average Bonchev–Trinajstić information content (AvgIpc) is 2.66. The van der Waals surface area contributed by atoms with Crippen LogP contribution in [0.1, 0.15) is 43.9 Å². The van der Waals surface area contributed by atoms with E-state index in [1.807, 2.05) is 45.0 Å². The Balaban J connectivity index is 2.27. The summed E-state index contributed by atoms with van der Waals surface area (Å²) in [6.45, 7) is 7.91. The summed E-state index contributed by atoms with van der Waals surface area (Å²) in [5.41, 5.74) is 2.75. The van der Waals surface area contributed by atoms with Crippen molar-refractivity contribution >= 4 is 35.0 Å². The van der Waals surface area contributed by atoms with E-state index in [0.717, 1.165) is 23.1 Å². The molecule has 0 unspecified atom stereocenters. The number of carbonyl (C=O) groups is 2. The molecule has 6 heteroatoms. The summed E-state index contributed by atoms with van der Waals surface area (Å²) in [6, 6.07) is 12.4. The van der Waals surface area contributed by atoms with E-state index in [4.69, 9.17) is 23.2 Å². The molecule has 0 bridgehead atoms. The van der Waals surface area contributed by atoms with Gasteiger partial charge >= 0.3 is 0 Å². The Morgan fingerprint density at radius 1 is 1.10 bits per heavy atom. The van der Waals surface area contributed by atoms with Crippen LogP contribution < -0.4 is 5.32 Å². The van der Waals surface area contributed by atoms with Crippen LogP contribution in [-0.2, 0) is 22.6 Å². The first-order valence-corrected chi connectivity index (χ1v) is 10.6. The highest BCUT2D eigenvalue weighted by atomic mass is 35.5. The Bertz CT molecular complexity index is 870. The smallest absolute Gasteiger partial charge is 0.242 e. The number of halogens is 2. The molecule has 2 amide bonds. The van der Waals surface area contributed by atoms with Crippen molar-refractivity contribution in [2.75, 3.05) is 0 Å². The van der Waals surface area contributed by atoms with Gasteiger partial charge in [0.2, 0.25) is 11.8 Å². The fourth-order valence-corrected chi connectivity index (χ4v) is 3.45. The van der Waals surface area contributed by atoms with Crippen molar-refractivity contribution in [3.8, 4) is 0 Å². The number of nitrogens with zero attached hydrogens (tertiary/aromatic N) is 1. The number of amides is 2. The molecule has 0 aromatic heterocycles. The van der Waals surface area contributed by atoms with E-state index in [9.17, 15) is 9.59 Å². The third-order valence-corrected chi connectivity index (χ3v) is 5.55. The molecule has 4 nitrogen and oxygen atoms in total. The Labute approximate surface area is 183 Å². The van der Waals surface area contributed by atoms with Gasteiger partial charge in [0.25, 0.3) is 0 Å². The van der Waals surface area contributed by atoms with Gasteiger partial charge in [0.15, 0.2) is 0 Å². The molecule has 29 heavy (non-hydrogen) atoms. The second kappa shape index (κ2) is 10.7. The van der Waals surface area contributed by atoms with E-state index < -0.39 is 6.04 Å². The van der Waals surface area contributed by atoms with Gasteiger partial charge in [-0.2, -0.15) is 0 Å². The highest BCUT2D eigenvalue weighted by Crippen LogP contribution is 2.23. The molecule has 0 radical (unpaired) electrons. The minimum atomic E-state index is -0.631. The highest BCUT2D eigenvalue weighted by Gasteiger charge is 2.27. The van der Waals surface area contributed by atoms with E-state index in [2.05, 4.69) is 5.32 Å². The number of nitrogens with one attached hydrogen (secondary N) is 1. The van der Waals surface area contributed by atoms with Gasteiger partial charge in [-0.25, -0.2) is 0 Å². The van der Waals surface area contributed by atoms with Crippen molar-refractivity contribution in [2.45, 2.75) is 59.2 Å². The van der Waals surface area contributed by atoms with Crippen molar-refractivity contribution in [3.63, 3.8) is 0 Å². The van der Waals surface area contributed by atoms with Crippen LogP contribution in [0.15, 0.2) is 42.5 Å². The maximum atomic E-state index is 13.2. The Hall–Kier alpha value is -2.04. The second-order valence-electron chi connectivity index (χ2n) is 7.42. The molecule has 0 saturated heterocycles. The zero-order valence-corrected chi connectivity index (χ0v) is 18.8. The fourth-order valence-electron chi connectivity index (χ4n) is 2.98. The molecule has 0 aliphatic carbocycles. The number of carbonyl (C=O) groups excluding carboxylic acids is 2. The van der Waals surface area contributed by atoms with Crippen LogP contribution >= 0.6 is 23.2 Å². The predicted octanol–water partition coefficient (Wildman–Crippen LogP) is 5.18. The largest absolute Gasteiger partial charge is 0.352 e. The van der Waals surface area contributed by atoms with Crippen LogP contribution in [0.2, 0.25) is 10.0 Å². The standard InChI is InChI=1S/C23H28Cl2N2O2/c1-5-16(3)26-23(29)17(4)27(14-19-9-10-20(24)13-21(19)25)22(28)12-18-8-6-7-15(2)11-18/h6-11,13,16-17H,5,12,14H2,1-4H3,(H,26,29)/t16-,17+/m0/s1. The van der Waals surface area contributed by atoms with Gasteiger partial charge in [-0.1, -0.05) is 66.0 Å². The van der Waals surface area contributed by atoms with E-state index in [0.29, 0.717) is 10.0 Å². The molecule has 0 fully saturated rings. The Morgan fingerprint density at radius 2 is 1.83 bits per heavy atom. The molecule has 0 heterocycles. The third-order valence-electron chi connectivity index (χ3n) is 4.96. The lowest BCUT2D eigenvalue weighted by atomic mass is 10.1. The molecule has 2 atom stereocenters. The monoisotopic (exact) mass is 434 g/mol. The van der Waals surface area contributed by atoms with Crippen LogP contribution in [0.25, 0.3) is 0 Å². The zero-order chi connectivity index (χ0) is 21.6. The molecule has 1 N–H and O–H groups in total. The van der Waals surface area contributed by atoms with E-state index in [1.54, 1.807) is 30.0 Å². The fraction of sp³-hybridized carbons (Fsp3) is 0.391. The van der Waals surface area contributed by atoms with Crippen LogP contribution in [0.4, 0.5) is 0 Å². The lowest BCUT2D eigenvalue weighted by molar-refractivity contribution is -0.140. The lowest BCUT2D eigenvalue weighted by Crippen LogP contribution is -2.49. The number of hydrogen-bond donors (Lipinski definition) is 1. The molecule has 0 spiro atoms. The molecule has 2 aromatic carbocycles. The SMILES string of the molecule is CC[C@H](C)NC(=O)[C@@H](C)N(Cc1ccc(Cl)cc1Cl)C(=O)Cc1cccc(C)c1. The van der Waals surface area contributed by atoms with Crippen LogP contribution in [-0.4, -0.2) is 28.8 Å². The summed E-state index contributed by atoms with van der Waals surface area (Å²) in [6.07, 6.45) is 1.03. The molecule has 0 aliphatic heterocycles. The Kier molecular flexibility index (Phi) is 8.54. The molecule has 156 valence electrons. The van der Waals surface area contributed by atoms with E-state index in [1.165, 1.54) is 0 Å². The van der Waals surface area contributed by atoms with Crippen LogP contribution in [0.5, 0.6) is 0 Å². The summed E-state index contributed by atoms with van der Waals surface area (Å²) >= 11 is 12.3. The highest BCUT2D eigenvalue weighted by molar-refractivity contribution is 6.35. The first-order valence-electron chi connectivity index (χ1n) is 9.80. The van der Waals surface area contributed by atoms with Crippen molar-refractivity contribution in [1.29, 1.82) is 0 Å². The van der Waals surface area contributed by atoms with E-state index >= 15 is 0 Å². The summed E-state index contributed by atoms with van der Waals surface area (Å²) in [5, 5.41) is 3.96. The van der Waals surface area contributed by atoms with Crippen LogP contribution in [0.3, 0.4) is 0 Å².